The molecule has 0 aliphatic carbocycles. The third-order valence-electron chi connectivity index (χ3n) is 3.98. The van der Waals surface area contributed by atoms with Crippen LogP contribution in [0.25, 0.3) is 0 Å². The van der Waals surface area contributed by atoms with E-state index in [-0.39, 0.29) is 36.1 Å². The molecule has 0 heterocycles. The van der Waals surface area contributed by atoms with Crippen molar-refractivity contribution in [1.29, 1.82) is 0 Å². The summed E-state index contributed by atoms with van der Waals surface area (Å²) in [6.45, 7) is 2.73. The van der Waals surface area contributed by atoms with E-state index >= 15 is 0 Å². The minimum atomic E-state index is -0.382. The monoisotopic (exact) mass is 393 g/mol. The van der Waals surface area contributed by atoms with Crippen molar-refractivity contribution < 1.29 is 14.0 Å². The summed E-state index contributed by atoms with van der Waals surface area (Å²) in [5.41, 5.74) is 1.97. The molecule has 0 aromatic heterocycles. The molecular formula is C20H25ClFN3O2. The molecule has 3 N–H and O–H groups in total. The van der Waals surface area contributed by atoms with Gasteiger partial charge in [-0.3, -0.25) is 9.59 Å². The van der Waals surface area contributed by atoms with Gasteiger partial charge in [0.2, 0.25) is 5.91 Å². The molecule has 27 heavy (non-hydrogen) atoms. The normalized spacial score (nSPS) is 11.2. The first-order valence-corrected chi connectivity index (χ1v) is 8.60. The Labute approximate surface area is 165 Å². The van der Waals surface area contributed by atoms with Gasteiger partial charge in [0, 0.05) is 17.7 Å². The largest absolute Gasteiger partial charge is 0.350 e. The van der Waals surface area contributed by atoms with Gasteiger partial charge in [0.05, 0.1) is 6.04 Å². The first-order valence-electron chi connectivity index (χ1n) is 8.60. The smallest absolute Gasteiger partial charge is 0.255 e. The lowest BCUT2D eigenvalue weighted by Crippen LogP contribution is -2.27. The third-order valence-corrected chi connectivity index (χ3v) is 3.98. The summed E-state index contributed by atoms with van der Waals surface area (Å²) in [6, 6.07) is 12.5. The molecule has 5 nitrogen and oxygen atoms in total. The summed E-state index contributed by atoms with van der Waals surface area (Å²) in [6.07, 6.45) is 1.28. The fraction of sp³-hybridized carbons (Fsp3) is 0.300. The lowest BCUT2D eigenvalue weighted by Gasteiger charge is -2.15. The van der Waals surface area contributed by atoms with Crippen molar-refractivity contribution >= 4 is 29.9 Å². The Morgan fingerprint density at radius 3 is 2.26 bits per heavy atom. The van der Waals surface area contributed by atoms with Crippen LogP contribution in [0.5, 0.6) is 0 Å². The van der Waals surface area contributed by atoms with Crippen LogP contribution in [0.15, 0.2) is 48.5 Å². The number of carbonyl (C=O) groups is 2. The molecule has 0 fully saturated rings. The van der Waals surface area contributed by atoms with Crippen LogP contribution >= 0.6 is 12.4 Å². The molecular weight excluding hydrogens is 369 g/mol. The van der Waals surface area contributed by atoms with Crippen LogP contribution < -0.4 is 16.0 Å². The number of anilines is 1. The van der Waals surface area contributed by atoms with Crippen molar-refractivity contribution in [3.63, 3.8) is 0 Å². The Hall–Kier alpha value is -2.44. The highest BCUT2D eigenvalue weighted by Gasteiger charge is 2.10. The Morgan fingerprint density at radius 2 is 1.67 bits per heavy atom. The van der Waals surface area contributed by atoms with Gasteiger partial charge in [0.15, 0.2) is 0 Å². The second-order valence-electron chi connectivity index (χ2n) is 6.08. The van der Waals surface area contributed by atoms with E-state index in [0.717, 1.165) is 18.5 Å². The summed E-state index contributed by atoms with van der Waals surface area (Å²) < 4.78 is 12.9. The molecule has 146 valence electrons. The third kappa shape index (κ3) is 7.37. The molecule has 2 aromatic carbocycles. The quantitative estimate of drug-likeness (QED) is 0.599. The van der Waals surface area contributed by atoms with Crippen molar-refractivity contribution in [3.8, 4) is 0 Å². The van der Waals surface area contributed by atoms with Gasteiger partial charge in [0.1, 0.15) is 5.82 Å². The number of hydrogen-bond acceptors (Lipinski definition) is 3. The second-order valence-corrected chi connectivity index (χ2v) is 6.08. The molecule has 7 heteroatoms. The van der Waals surface area contributed by atoms with Gasteiger partial charge in [-0.2, -0.15) is 0 Å². The molecule has 0 radical (unpaired) electrons. The lowest BCUT2D eigenvalue weighted by atomic mass is 10.1. The maximum atomic E-state index is 12.9. The number of nitrogens with one attached hydrogen (secondary N) is 3. The van der Waals surface area contributed by atoms with Gasteiger partial charge in [-0.25, -0.2) is 4.39 Å². The highest BCUT2D eigenvalue weighted by atomic mass is 35.5. The molecule has 0 spiro atoms. The van der Waals surface area contributed by atoms with Crippen molar-refractivity contribution in [2.75, 3.05) is 18.9 Å². The maximum absolute atomic E-state index is 12.9. The van der Waals surface area contributed by atoms with E-state index in [4.69, 9.17) is 0 Å². The van der Waals surface area contributed by atoms with Gasteiger partial charge >= 0.3 is 0 Å². The van der Waals surface area contributed by atoms with Crippen molar-refractivity contribution in [1.82, 2.24) is 10.6 Å². The minimum Gasteiger partial charge on any atom is -0.350 e. The zero-order valence-electron chi connectivity index (χ0n) is 15.4. The summed E-state index contributed by atoms with van der Waals surface area (Å²) >= 11 is 0. The second kappa shape index (κ2) is 11.3. The number of rotatable bonds is 8. The van der Waals surface area contributed by atoms with E-state index in [2.05, 4.69) is 16.0 Å². The topological polar surface area (TPSA) is 70.2 Å². The predicted molar refractivity (Wildman–Crippen MR) is 108 cm³/mol. The number of halogens is 2. The van der Waals surface area contributed by atoms with Gasteiger partial charge in [-0.1, -0.05) is 12.1 Å². The molecule has 0 saturated carbocycles. The minimum absolute atomic E-state index is 0. The SMILES string of the molecule is CNCCCC(=O)NC(C)c1ccc(NC(=O)c2ccc(F)cc2)cc1.Cl. The highest BCUT2D eigenvalue weighted by Crippen LogP contribution is 2.17. The molecule has 2 rings (SSSR count). The average Bonchev–Trinajstić information content (AvgIpc) is 2.63. The van der Waals surface area contributed by atoms with Crippen LogP contribution in [-0.2, 0) is 4.79 Å². The van der Waals surface area contributed by atoms with E-state index in [1.54, 1.807) is 12.1 Å². The van der Waals surface area contributed by atoms with Crippen molar-refractivity contribution in [3.05, 3.63) is 65.5 Å². The Balaban J connectivity index is 0.00000364. The molecule has 0 bridgehead atoms. The van der Waals surface area contributed by atoms with Gasteiger partial charge in [0.25, 0.3) is 5.91 Å². The standard InChI is InChI=1S/C20H24FN3O2.ClH/c1-14(23-19(25)4-3-13-22-2)15-7-11-18(12-8-15)24-20(26)16-5-9-17(21)10-6-16;/h5-12,14,22H,3-4,13H2,1-2H3,(H,23,25)(H,24,26);1H. The van der Waals surface area contributed by atoms with Crippen LogP contribution in [0.3, 0.4) is 0 Å². The van der Waals surface area contributed by atoms with E-state index in [9.17, 15) is 14.0 Å². The maximum Gasteiger partial charge on any atom is 0.255 e. The van der Waals surface area contributed by atoms with Gasteiger partial charge < -0.3 is 16.0 Å². The fourth-order valence-corrected chi connectivity index (χ4v) is 2.48. The first kappa shape index (κ1) is 22.6. The molecule has 0 aliphatic rings. The van der Waals surface area contributed by atoms with Crippen LogP contribution in [0.2, 0.25) is 0 Å². The van der Waals surface area contributed by atoms with Gasteiger partial charge in [-0.15, -0.1) is 12.4 Å². The van der Waals surface area contributed by atoms with Crippen molar-refractivity contribution in [2.45, 2.75) is 25.8 Å². The fourth-order valence-electron chi connectivity index (χ4n) is 2.48. The summed E-state index contributed by atoms with van der Waals surface area (Å²) in [4.78, 5) is 24.0. The lowest BCUT2D eigenvalue weighted by molar-refractivity contribution is -0.121. The van der Waals surface area contributed by atoms with E-state index in [0.29, 0.717) is 17.7 Å². The molecule has 2 amide bonds. The molecule has 2 aromatic rings. The van der Waals surface area contributed by atoms with E-state index < -0.39 is 0 Å². The number of amides is 2. The molecule has 1 unspecified atom stereocenters. The predicted octanol–water partition coefficient (Wildman–Crippen LogP) is 3.68. The summed E-state index contributed by atoms with van der Waals surface area (Å²) in [5, 5.41) is 8.73. The molecule has 1 atom stereocenters. The van der Waals surface area contributed by atoms with Crippen LogP contribution in [0, 0.1) is 5.82 Å². The Kier molecular flexibility index (Phi) is 9.47. The number of carbonyl (C=O) groups excluding carboxylic acids is 2. The Bertz CT molecular complexity index is 736. The molecule has 0 saturated heterocycles. The van der Waals surface area contributed by atoms with Crippen LogP contribution in [-0.4, -0.2) is 25.4 Å². The summed E-state index contributed by atoms with van der Waals surface area (Å²) in [7, 11) is 1.86. The van der Waals surface area contributed by atoms with Gasteiger partial charge in [-0.05, 0) is 68.9 Å². The number of benzene rings is 2. The van der Waals surface area contributed by atoms with Crippen LogP contribution in [0.4, 0.5) is 10.1 Å². The summed E-state index contributed by atoms with van der Waals surface area (Å²) in [5.74, 6) is -0.669. The Morgan fingerprint density at radius 1 is 1.04 bits per heavy atom. The van der Waals surface area contributed by atoms with Crippen LogP contribution in [0.1, 0.15) is 41.7 Å². The van der Waals surface area contributed by atoms with Crippen molar-refractivity contribution in [2.24, 2.45) is 0 Å². The average molecular weight is 394 g/mol. The highest BCUT2D eigenvalue weighted by molar-refractivity contribution is 6.04. The number of hydrogen-bond donors (Lipinski definition) is 3. The zero-order chi connectivity index (χ0) is 18.9. The molecule has 0 aliphatic heterocycles. The zero-order valence-corrected chi connectivity index (χ0v) is 16.2. The van der Waals surface area contributed by atoms with E-state index in [1.165, 1.54) is 24.3 Å². The van der Waals surface area contributed by atoms with E-state index in [1.807, 2.05) is 26.1 Å². The first-order chi connectivity index (χ1) is 12.5.